The number of carboxylic acids is 1. The number of methoxy groups -OCH3 is 1. The molecule has 128 valence electrons. The fourth-order valence-electron chi connectivity index (χ4n) is 1.70. The van der Waals surface area contributed by atoms with Gasteiger partial charge in [0.2, 0.25) is 5.91 Å². The van der Waals surface area contributed by atoms with Crippen LogP contribution in [0.4, 0.5) is 13.2 Å². The zero-order valence-corrected chi connectivity index (χ0v) is 12.6. The van der Waals surface area contributed by atoms with E-state index >= 15 is 0 Å². The molecule has 0 aliphatic carbocycles. The Bertz CT molecular complexity index is 419. The van der Waals surface area contributed by atoms with E-state index in [1.165, 1.54) is 12.0 Å². The largest absolute Gasteiger partial charge is 0.490 e. The van der Waals surface area contributed by atoms with Crippen LogP contribution in [0.2, 0.25) is 0 Å². The number of amides is 1. The van der Waals surface area contributed by atoms with Crippen molar-refractivity contribution in [3.8, 4) is 0 Å². The summed E-state index contributed by atoms with van der Waals surface area (Å²) in [5.74, 6) is -3.07. The van der Waals surface area contributed by atoms with Gasteiger partial charge in [-0.25, -0.2) is 9.59 Å². The van der Waals surface area contributed by atoms with Gasteiger partial charge >= 0.3 is 18.1 Å². The number of hydrogen-bond acceptors (Lipinski definition) is 6. The molecule has 0 aromatic rings. The van der Waals surface area contributed by atoms with Crippen LogP contribution in [0.3, 0.4) is 0 Å². The standard InChI is InChI=1S/C9H16N2O3S.C2HF3O2/c1-14-9(13)7-3-2-4-11(7)8(12)6(10)5-15;3-2(4,5)1(6)7/h6-7,15H,2-5,10H2,1H3;(H,6,7)/t6-,7-;/m0./s1. The summed E-state index contributed by atoms with van der Waals surface area (Å²) in [6.45, 7) is 0.570. The Morgan fingerprint density at radius 1 is 1.45 bits per heavy atom. The number of ether oxygens (including phenoxy) is 1. The predicted molar refractivity (Wildman–Crippen MR) is 72.3 cm³/mol. The van der Waals surface area contributed by atoms with Crippen LogP contribution in [-0.4, -0.2) is 65.5 Å². The van der Waals surface area contributed by atoms with Crippen molar-refractivity contribution in [2.45, 2.75) is 31.1 Å². The van der Waals surface area contributed by atoms with E-state index in [0.29, 0.717) is 13.0 Å². The predicted octanol–water partition coefficient (Wildman–Crippen LogP) is 0.0408. The molecule has 1 fully saturated rings. The molecule has 7 nitrogen and oxygen atoms in total. The molecule has 0 aromatic carbocycles. The van der Waals surface area contributed by atoms with Crippen LogP contribution in [0.5, 0.6) is 0 Å². The number of esters is 1. The highest BCUT2D eigenvalue weighted by Gasteiger charge is 2.38. The van der Waals surface area contributed by atoms with Crippen LogP contribution < -0.4 is 5.73 Å². The van der Waals surface area contributed by atoms with E-state index < -0.39 is 24.2 Å². The maximum absolute atomic E-state index is 11.8. The van der Waals surface area contributed by atoms with Crippen molar-refractivity contribution in [1.29, 1.82) is 0 Å². The Labute approximate surface area is 130 Å². The minimum Gasteiger partial charge on any atom is -0.475 e. The second-order valence-electron chi connectivity index (χ2n) is 4.30. The summed E-state index contributed by atoms with van der Waals surface area (Å²) < 4.78 is 36.4. The number of carboxylic acid groups (broad SMARTS) is 1. The van der Waals surface area contributed by atoms with Gasteiger partial charge in [0, 0.05) is 12.3 Å². The van der Waals surface area contributed by atoms with Crippen molar-refractivity contribution in [1.82, 2.24) is 4.90 Å². The van der Waals surface area contributed by atoms with Crippen molar-refractivity contribution in [3.63, 3.8) is 0 Å². The normalized spacial score (nSPS) is 19.0. The van der Waals surface area contributed by atoms with E-state index in [1.54, 1.807) is 0 Å². The minimum atomic E-state index is -5.08. The van der Waals surface area contributed by atoms with E-state index in [9.17, 15) is 22.8 Å². The molecule has 22 heavy (non-hydrogen) atoms. The number of halogens is 3. The lowest BCUT2D eigenvalue weighted by Gasteiger charge is -2.24. The molecular formula is C11H17F3N2O5S. The first-order valence-corrected chi connectivity index (χ1v) is 6.74. The quantitative estimate of drug-likeness (QED) is 0.492. The third kappa shape index (κ3) is 6.10. The number of nitrogens with two attached hydrogens (primary N) is 1. The Kier molecular flexibility index (Phi) is 8.23. The van der Waals surface area contributed by atoms with E-state index in [2.05, 4.69) is 17.4 Å². The number of likely N-dealkylation sites (tertiary alicyclic amines) is 1. The van der Waals surface area contributed by atoms with Crippen molar-refractivity contribution in [2.24, 2.45) is 5.73 Å². The average molecular weight is 346 g/mol. The number of rotatable bonds is 3. The van der Waals surface area contributed by atoms with Crippen LogP contribution >= 0.6 is 12.6 Å². The van der Waals surface area contributed by atoms with Gasteiger partial charge in [0.05, 0.1) is 13.2 Å². The molecule has 1 aliphatic heterocycles. The number of alkyl halides is 3. The molecule has 2 atom stereocenters. The average Bonchev–Trinajstić information content (AvgIpc) is 2.93. The van der Waals surface area contributed by atoms with E-state index in [0.717, 1.165) is 6.42 Å². The Balaban J connectivity index is 0.000000534. The number of carbonyl (C=O) groups is 3. The highest BCUT2D eigenvalue weighted by atomic mass is 32.1. The summed E-state index contributed by atoms with van der Waals surface area (Å²) in [7, 11) is 1.32. The summed E-state index contributed by atoms with van der Waals surface area (Å²) in [4.78, 5) is 33.5. The molecule has 3 N–H and O–H groups in total. The first-order valence-electron chi connectivity index (χ1n) is 6.11. The van der Waals surface area contributed by atoms with Crippen LogP contribution in [0, 0.1) is 0 Å². The summed E-state index contributed by atoms with van der Waals surface area (Å²) in [5, 5.41) is 7.12. The lowest BCUT2D eigenvalue weighted by molar-refractivity contribution is -0.192. The zero-order chi connectivity index (χ0) is 17.5. The molecule has 1 rings (SSSR count). The maximum Gasteiger partial charge on any atom is 0.490 e. The van der Waals surface area contributed by atoms with Gasteiger partial charge in [-0.15, -0.1) is 0 Å². The highest BCUT2D eigenvalue weighted by Crippen LogP contribution is 2.19. The highest BCUT2D eigenvalue weighted by molar-refractivity contribution is 7.80. The summed E-state index contributed by atoms with van der Waals surface area (Å²) in [6.07, 6.45) is -3.62. The van der Waals surface area contributed by atoms with Crippen LogP contribution in [0.1, 0.15) is 12.8 Å². The monoisotopic (exact) mass is 346 g/mol. The van der Waals surface area contributed by atoms with Gasteiger partial charge in [-0.1, -0.05) is 0 Å². The molecule has 1 saturated heterocycles. The smallest absolute Gasteiger partial charge is 0.475 e. The molecule has 0 spiro atoms. The number of aliphatic carboxylic acids is 1. The second-order valence-corrected chi connectivity index (χ2v) is 4.67. The van der Waals surface area contributed by atoms with E-state index in [-0.39, 0.29) is 17.6 Å². The molecule has 0 radical (unpaired) electrons. The first kappa shape index (κ1) is 20.5. The molecule has 0 bridgehead atoms. The number of nitrogens with zero attached hydrogens (tertiary/aromatic N) is 1. The molecule has 11 heteroatoms. The zero-order valence-electron chi connectivity index (χ0n) is 11.7. The summed E-state index contributed by atoms with van der Waals surface area (Å²) >= 11 is 3.96. The van der Waals surface area contributed by atoms with Crippen molar-refractivity contribution < 1.29 is 37.4 Å². The fraction of sp³-hybridized carbons (Fsp3) is 0.727. The third-order valence-electron chi connectivity index (χ3n) is 2.77. The lowest BCUT2D eigenvalue weighted by Crippen LogP contribution is -2.49. The number of carbonyl (C=O) groups excluding carboxylic acids is 2. The maximum atomic E-state index is 11.8. The van der Waals surface area contributed by atoms with Gasteiger partial charge in [0.25, 0.3) is 0 Å². The summed E-state index contributed by atoms with van der Waals surface area (Å²) in [5.41, 5.74) is 5.58. The van der Waals surface area contributed by atoms with E-state index in [1.807, 2.05) is 0 Å². The molecule has 0 aromatic heterocycles. The van der Waals surface area contributed by atoms with E-state index in [4.69, 9.17) is 15.6 Å². The van der Waals surface area contributed by atoms with Crippen molar-refractivity contribution in [2.75, 3.05) is 19.4 Å². The molecular weight excluding hydrogens is 329 g/mol. The minimum absolute atomic E-state index is 0.224. The number of hydrogen-bond donors (Lipinski definition) is 3. The van der Waals surface area contributed by atoms with Gasteiger partial charge in [-0.05, 0) is 12.8 Å². The molecule has 0 saturated carbocycles. The van der Waals surface area contributed by atoms with Crippen molar-refractivity contribution in [3.05, 3.63) is 0 Å². The van der Waals surface area contributed by atoms with Gasteiger partial charge in [0.15, 0.2) is 0 Å². The topological polar surface area (TPSA) is 110 Å². The molecule has 1 heterocycles. The SMILES string of the molecule is COC(=O)[C@@H]1CCCN1C(=O)[C@@H](N)CS.O=C(O)C(F)(F)F. The Morgan fingerprint density at radius 2 is 1.95 bits per heavy atom. The molecule has 0 unspecified atom stereocenters. The Morgan fingerprint density at radius 3 is 2.32 bits per heavy atom. The fourth-order valence-corrected chi connectivity index (χ4v) is 1.86. The molecule has 1 aliphatic rings. The van der Waals surface area contributed by atoms with Crippen LogP contribution in [0.15, 0.2) is 0 Å². The van der Waals surface area contributed by atoms with Gasteiger partial charge in [-0.2, -0.15) is 25.8 Å². The number of thiol groups is 1. The third-order valence-corrected chi connectivity index (χ3v) is 3.16. The Hall–Kier alpha value is -1.49. The lowest BCUT2D eigenvalue weighted by atomic mass is 10.2. The molecule has 1 amide bonds. The van der Waals surface area contributed by atoms with Gasteiger partial charge in [-0.3, -0.25) is 4.79 Å². The van der Waals surface area contributed by atoms with Crippen LogP contribution in [-0.2, 0) is 19.1 Å². The second kappa shape index (κ2) is 8.83. The van der Waals surface area contributed by atoms with Gasteiger partial charge in [0.1, 0.15) is 6.04 Å². The van der Waals surface area contributed by atoms with Crippen LogP contribution in [0.25, 0.3) is 0 Å². The first-order chi connectivity index (χ1) is 10.1. The summed E-state index contributed by atoms with van der Waals surface area (Å²) in [6, 6.07) is -1.10. The van der Waals surface area contributed by atoms with Crippen molar-refractivity contribution >= 4 is 30.5 Å². The van der Waals surface area contributed by atoms with Gasteiger partial charge < -0.3 is 20.5 Å².